The van der Waals surface area contributed by atoms with Crippen molar-refractivity contribution >= 4 is 0 Å². The van der Waals surface area contributed by atoms with E-state index in [1.165, 1.54) is 6.39 Å². The van der Waals surface area contributed by atoms with E-state index in [0.29, 0.717) is 24.8 Å². The van der Waals surface area contributed by atoms with Gasteiger partial charge in [-0.25, -0.2) is 4.98 Å². The van der Waals surface area contributed by atoms with Crippen LogP contribution in [0.3, 0.4) is 0 Å². The summed E-state index contributed by atoms with van der Waals surface area (Å²) >= 11 is 0. The second-order valence-corrected chi connectivity index (χ2v) is 7.76. The highest BCUT2D eigenvalue weighted by Gasteiger charge is 2.19. The summed E-state index contributed by atoms with van der Waals surface area (Å²) in [5.41, 5.74) is 3.04. The molecular formula is C26H24N4O3. The second-order valence-electron chi connectivity index (χ2n) is 7.76. The molecule has 0 saturated carbocycles. The van der Waals surface area contributed by atoms with Crippen molar-refractivity contribution in [2.45, 2.75) is 25.8 Å². The van der Waals surface area contributed by atoms with Crippen LogP contribution in [0.2, 0.25) is 0 Å². The summed E-state index contributed by atoms with van der Waals surface area (Å²) < 4.78 is 19.3. The zero-order valence-electron chi connectivity index (χ0n) is 18.3. The summed E-state index contributed by atoms with van der Waals surface area (Å²) in [6, 6.07) is 21.9. The number of nitrogens with zero attached hydrogens (tertiary/aromatic N) is 4. The van der Waals surface area contributed by atoms with Crippen molar-refractivity contribution in [2.24, 2.45) is 0 Å². The van der Waals surface area contributed by atoms with Crippen LogP contribution in [0.4, 0.5) is 0 Å². The smallest absolute Gasteiger partial charge is 0.239 e. The quantitative estimate of drug-likeness (QED) is 0.310. The Kier molecular flexibility index (Phi) is 6.01. The molecule has 7 nitrogen and oxygen atoms in total. The molecular weight excluding hydrogens is 416 g/mol. The lowest BCUT2D eigenvalue weighted by Gasteiger charge is -2.15. The van der Waals surface area contributed by atoms with Crippen LogP contribution in [0.1, 0.15) is 29.0 Å². The minimum atomic E-state index is -0.0526. The maximum Gasteiger partial charge on any atom is 0.239 e. The fourth-order valence-corrected chi connectivity index (χ4v) is 3.78. The van der Waals surface area contributed by atoms with Crippen LogP contribution in [-0.4, -0.2) is 26.4 Å². The Hall–Kier alpha value is -4.13. The SMILES string of the molecule is Cc1oc(-c2ccccc2)nc1CCOc1ccc(C[C@H](c2nnco2)n2cccc2)cc1. The van der Waals surface area contributed by atoms with E-state index in [9.17, 15) is 0 Å². The predicted molar refractivity (Wildman–Crippen MR) is 123 cm³/mol. The van der Waals surface area contributed by atoms with Crippen molar-refractivity contribution < 1.29 is 13.6 Å². The lowest BCUT2D eigenvalue weighted by Crippen LogP contribution is -2.12. The molecule has 0 bridgehead atoms. The summed E-state index contributed by atoms with van der Waals surface area (Å²) in [7, 11) is 0. The number of oxazole rings is 1. The van der Waals surface area contributed by atoms with E-state index in [1.807, 2.05) is 73.9 Å². The molecule has 0 saturated heterocycles. The number of aromatic nitrogens is 4. The summed E-state index contributed by atoms with van der Waals surface area (Å²) in [6.45, 7) is 2.46. The second kappa shape index (κ2) is 9.56. The molecule has 166 valence electrons. The van der Waals surface area contributed by atoms with Crippen LogP contribution in [0.15, 0.2) is 94.4 Å². The van der Waals surface area contributed by atoms with Gasteiger partial charge in [0, 0.05) is 30.8 Å². The summed E-state index contributed by atoms with van der Waals surface area (Å²) in [4.78, 5) is 4.64. The van der Waals surface area contributed by atoms with Gasteiger partial charge in [0.1, 0.15) is 17.6 Å². The molecule has 33 heavy (non-hydrogen) atoms. The van der Waals surface area contributed by atoms with E-state index in [-0.39, 0.29) is 6.04 Å². The Bertz CT molecular complexity index is 1230. The van der Waals surface area contributed by atoms with Gasteiger partial charge in [-0.3, -0.25) is 0 Å². The topological polar surface area (TPSA) is 79.1 Å². The highest BCUT2D eigenvalue weighted by Crippen LogP contribution is 2.24. The zero-order chi connectivity index (χ0) is 22.5. The first-order valence-corrected chi connectivity index (χ1v) is 10.9. The van der Waals surface area contributed by atoms with Gasteiger partial charge < -0.3 is 18.1 Å². The highest BCUT2D eigenvalue weighted by atomic mass is 16.5. The highest BCUT2D eigenvalue weighted by molar-refractivity contribution is 5.53. The average molecular weight is 441 g/mol. The Morgan fingerprint density at radius 3 is 2.48 bits per heavy atom. The van der Waals surface area contributed by atoms with Gasteiger partial charge in [-0.05, 0) is 48.9 Å². The Balaban J connectivity index is 1.19. The summed E-state index contributed by atoms with van der Waals surface area (Å²) in [6.07, 6.45) is 6.78. The molecule has 0 radical (unpaired) electrons. The molecule has 3 aromatic heterocycles. The van der Waals surface area contributed by atoms with Gasteiger partial charge in [-0.1, -0.05) is 30.3 Å². The first kappa shape index (κ1) is 20.8. The van der Waals surface area contributed by atoms with Crippen molar-refractivity contribution in [3.05, 3.63) is 108 Å². The molecule has 2 aromatic carbocycles. The van der Waals surface area contributed by atoms with Crippen molar-refractivity contribution in [1.29, 1.82) is 0 Å². The van der Waals surface area contributed by atoms with Crippen molar-refractivity contribution in [3.63, 3.8) is 0 Å². The maximum absolute atomic E-state index is 5.96. The maximum atomic E-state index is 5.96. The fourth-order valence-electron chi connectivity index (χ4n) is 3.78. The van der Waals surface area contributed by atoms with Crippen LogP contribution in [0, 0.1) is 6.92 Å². The molecule has 0 unspecified atom stereocenters. The number of hydrogen-bond donors (Lipinski definition) is 0. The lowest BCUT2D eigenvalue weighted by atomic mass is 10.1. The van der Waals surface area contributed by atoms with Gasteiger partial charge in [0.2, 0.25) is 18.2 Å². The summed E-state index contributed by atoms with van der Waals surface area (Å²) in [5.74, 6) is 2.87. The minimum absolute atomic E-state index is 0.0526. The van der Waals surface area contributed by atoms with E-state index in [1.54, 1.807) is 0 Å². The number of aryl methyl sites for hydroxylation is 1. The van der Waals surface area contributed by atoms with E-state index >= 15 is 0 Å². The third kappa shape index (κ3) is 4.87. The Morgan fingerprint density at radius 2 is 1.76 bits per heavy atom. The molecule has 0 aliphatic rings. The number of hydrogen-bond acceptors (Lipinski definition) is 6. The van der Waals surface area contributed by atoms with E-state index in [4.69, 9.17) is 13.6 Å². The third-order valence-corrected chi connectivity index (χ3v) is 5.52. The van der Waals surface area contributed by atoms with Crippen molar-refractivity contribution in [2.75, 3.05) is 6.61 Å². The van der Waals surface area contributed by atoms with Crippen LogP contribution < -0.4 is 4.74 Å². The molecule has 0 aliphatic carbocycles. The normalized spacial score (nSPS) is 12.0. The van der Waals surface area contributed by atoms with Gasteiger partial charge >= 0.3 is 0 Å². The molecule has 3 heterocycles. The monoisotopic (exact) mass is 440 g/mol. The minimum Gasteiger partial charge on any atom is -0.493 e. The molecule has 0 N–H and O–H groups in total. The van der Waals surface area contributed by atoms with Crippen LogP contribution in [-0.2, 0) is 12.8 Å². The Labute approximate surface area is 191 Å². The lowest BCUT2D eigenvalue weighted by molar-refractivity contribution is 0.319. The van der Waals surface area contributed by atoms with Crippen molar-refractivity contribution in [3.8, 4) is 17.2 Å². The molecule has 1 atom stereocenters. The number of ether oxygens (including phenoxy) is 1. The van der Waals surface area contributed by atoms with Crippen LogP contribution >= 0.6 is 0 Å². The third-order valence-electron chi connectivity index (χ3n) is 5.52. The first-order valence-electron chi connectivity index (χ1n) is 10.9. The zero-order valence-corrected chi connectivity index (χ0v) is 18.3. The van der Waals surface area contributed by atoms with E-state index in [2.05, 4.69) is 31.9 Å². The number of rotatable bonds is 9. The van der Waals surface area contributed by atoms with E-state index in [0.717, 1.165) is 34.8 Å². The van der Waals surface area contributed by atoms with Gasteiger partial charge in [-0.15, -0.1) is 10.2 Å². The number of benzene rings is 2. The standard InChI is InChI=1S/C26H24N4O3/c1-19-23(28-25(33-19)21-7-3-2-4-8-21)13-16-31-22-11-9-20(10-12-22)17-24(26-29-27-18-32-26)30-14-5-6-15-30/h2-12,14-15,18,24H,13,16-17H2,1H3/t24-/m1/s1. The molecule has 0 spiro atoms. The van der Waals surface area contributed by atoms with Gasteiger partial charge in [-0.2, -0.15) is 0 Å². The molecule has 5 rings (SSSR count). The molecule has 0 aliphatic heterocycles. The van der Waals surface area contributed by atoms with E-state index < -0.39 is 0 Å². The van der Waals surface area contributed by atoms with Crippen LogP contribution in [0.25, 0.3) is 11.5 Å². The molecule has 0 fully saturated rings. The van der Waals surface area contributed by atoms with Crippen molar-refractivity contribution in [1.82, 2.24) is 19.7 Å². The fraction of sp³-hybridized carbons (Fsp3) is 0.192. The van der Waals surface area contributed by atoms with Gasteiger partial charge in [0.05, 0.1) is 12.3 Å². The first-order chi connectivity index (χ1) is 16.3. The average Bonchev–Trinajstić information content (AvgIpc) is 3.62. The predicted octanol–water partition coefficient (Wildman–Crippen LogP) is 5.29. The molecule has 0 amide bonds. The summed E-state index contributed by atoms with van der Waals surface area (Å²) in [5, 5.41) is 7.94. The largest absolute Gasteiger partial charge is 0.493 e. The molecule has 5 aromatic rings. The Morgan fingerprint density at radius 1 is 0.970 bits per heavy atom. The molecule has 7 heteroatoms. The van der Waals surface area contributed by atoms with Gasteiger partial charge in [0.15, 0.2) is 0 Å². The van der Waals surface area contributed by atoms with Gasteiger partial charge in [0.25, 0.3) is 0 Å². The van der Waals surface area contributed by atoms with Crippen LogP contribution in [0.5, 0.6) is 5.75 Å².